The van der Waals surface area contributed by atoms with Crippen LogP contribution in [0.15, 0.2) is 12.1 Å². The number of carboxylic acid groups (broad SMARTS) is 1. The summed E-state index contributed by atoms with van der Waals surface area (Å²) >= 11 is 12.2. The van der Waals surface area contributed by atoms with E-state index in [1.165, 1.54) is 0 Å². The lowest BCUT2D eigenvalue weighted by molar-refractivity contribution is -0.138. The first-order chi connectivity index (χ1) is 9.79. The van der Waals surface area contributed by atoms with E-state index in [0.29, 0.717) is 21.3 Å². The molecule has 5 nitrogen and oxygen atoms in total. The van der Waals surface area contributed by atoms with Gasteiger partial charge in [-0.3, -0.25) is 4.79 Å². The maximum Gasteiger partial charge on any atom is 0.326 e. The summed E-state index contributed by atoms with van der Waals surface area (Å²) in [4.78, 5) is 23.2. The van der Waals surface area contributed by atoms with Gasteiger partial charge >= 0.3 is 5.97 Å². The minimum Gasteiger partial charge on any atom is -0.480 e. The third kappa shape index (κ3) is 3.41. The third-order valence-corrected chi connectivity index (χ3v) is 3.91. The maximum atomic E-state index is 11.9. The van der Waals surface area contributed by atoms with Gasteiger partial charge in [0.2, 0.25) is 5.91 Å². The molecule has 21 heavy (non-hydrogen) atoms. The summed E-state index contributed by atoms with van der Waals surface area (Å²) in [5.41, 5.74) is 1.22. The lowest BCUT2D eigenvalue weighted by Crippen LogP contribution is -2.42. The second-order valence-electron chi connectivity index (χ2n) is 5.34. The number of rotatable bonds is 3. The Morgan fingerprint density at radius 2 is 2.05 bits per heavy atom. The second kappa shape index (κ2) is 6.12. The molecule has 1 amide bonds. The van der Waals surface area contributed by atoms with Gasteiger partial charge in [0, 0.05) is 33.6 Å². The summed E-state index contributed by atoms with van der Waals surface area (Å²) < 4.78 is 0. The fourth-order valence-corrected chi connectivity index (χ4v) is 2.92. The first kappa shape index (κ1) is 15.9. The highest BCUT2D eigenvalue weighted by molar-refractivity contribution is 6.35. The van der Waals surface area contributed by atoms with Gasteiger partial charge in [0.1, 0.15) is 6.04 Å². The van der Waals surface area contributed by atoms with Crippen LogP contribution in [0.5, 0.6) is 0 Å². The Labute approximate surface area is 132 Å². The van der Waals surface area contributed by atoms with Crippen molar-refractivity contribution in [2.45, 2.75) is 32.4 Å². The number of carbonyl (C=O) groups excluding carboxylic acids is 1. The van der Waals surface area contributed by atoms with Crippen molar-refractivity contribution in [3.05, 3.63) is 27.7 Å². The molecule has 2 atom stereocenters. The summed E-state index contributed by atoms with van der Waals surface area (Å²) in [7, 11) is 0. The van der Waals surface area contributed by atoms with Gasteiger partial charge in [-0.15, -0.1) is 0 Å². The van der Waals surface area contributed by atoms with Crippen LogP contribution in [0.4, 0.5) is 5.69 Å². The van der Waals surface area contributed by atoms with Crippen LogP contribution < -0.4 is 10.6 Å². The van der Waals surface area contributed by atoms with Crippen molar-refractivity contribution in [2.75, 3.05) is 5.32 Å². The fourth-order valence-electron chi connectivity index (χ4n) is 2.29. The van der Waals surface area contributed by atoms with Crippen molar-refractivity contribution in [2.24, 2.45) is 5.92 Å². The Hall–Kier alpha value is -1.46. The average molecular weight is 331 g/mol. The van der Waals surface area contributed by atoms with E-state index in [2.05, 4.69) is 10.6 Å². The average Bonchev–Trinajstić information content (AvgIpc) is 2.36. The van der Waals surface area contributed by atoms with E-state index in [9.17, 15) is 14.7 Å². The predicted molar refractivity (Wildman–Crippen MR) is 81.8 cm³/mol. The van der Waals surface area contributed by atoms with E-state index in [0.717, 1.165) is 0 Å². The Kier molecular flexibility index (Phi) is 4.64. The molecule has 3 N–H and O–H groups in total. The van der Waals surface area contributed by atoms with Gasteiger partial charge in [0.25, 0.3) is 0 Å². The quantitative estimate of drug-likeness (QED) is 0.795. The molecule has 7 heteroatoms. The highest BCUT2D eigenvalue weighted by atomic mass is 35.5. The third-order valence-electron chi connectivity index (χ3n) is 3.38. The smallest absolute Gasteiger partial charge is 0.326 e. The Morgan fingerprint density at radius 3 is 2.62 bits per heavy atom. The lowest BCUT2D eigenvalue weighted by atomic mass is 9.92. The van der Waals surface area contributed by atoms with E-state index in [1.54, 1.807) is 26.0 Å². The molecule has 2 unspecified atom stereocenters. The number of nitrogens with one attached hydrogen (secondary N) is 2. The summed E-state index contributed by atoms with van der Waals surface area (Å²) in [5, 5.41) is 15.8. The number of benzene rings is 1. The summed E-state index contributed by atoms with van der Waals surface area (Å²) in [5.74, 6) is -1.33. The number of carboxylic acids is 1. The Balaban J connectivity index is 2.41. The summed E-state index contributed by atoms with van der Waals surface area (Å²) in [6.07, 6.45) is 0.224. The molecule has 0 radical (unpaired) electrons. The topological polar surface area (TPSA) is 78.4 Å². The van der Waals surface area contributed by atoms with Crippen LogP contribution in [0.1, 0.15) is 31.9 Å². The van der Waals surface area contributed by atoms with Crippen molar-refractivity contribution < 1.29 is 14.7 Å². The molecule has 1 aliphatic rings. The van der Waals surface area contributed by atoms with Crippen molar-refractivity contribution in [3.8, 4) is 0 Å². The van der Waals surface area contributed by atoms with Crippen molar-refractivity contribution in [1.29, 1.82) is 0 Å². The molecular weight excluding hydrogens is 315 g/mol. The van der Waals surface area contributed by atoms with E-state index in [-0.39, 0.29) is 18.2 Å². The molecule has 0 saturated heterocycles. The number of carbonyl (C=O) groups is 2. The van der Waals surface area contributed by atoms with E-state index < -0.39 is 18.1 Å². The molecule has 0 bridgehead atoms. The molecule has 0 saturated carbocycles. The molecule has 0 spiro atoms. The van der Waals surface area contributed by atoms with Crippen LogP contribution in [-0.2, 0) is 9.59 Å². The highest BCUT2D eigenvalue weighted by Gasteiger charge is 2.33. The monoisotopic (exact) mass is 330 g/mol. The zero-order valence-corrected chi connectivity index (χ0v) is 13.1. The van der Waals surface area contributed by atoms with Crippen molar-refractivity contribution in [3.63, 3.8) is 0 Å². The van der Waals surface area contributed by atoms with Gasteiger partial charge in [-0.25, -0.2) is 4.79 Å². The summed E-state index contributed by atoms with van der Waals surface area (Å²) in [6.45, 7) is 3.55. The van der Waals surface area contributed by atoms with Crippen molar-refractivity contribution in [1.82, 2.24) is 5.32 Å². The molecule has 2 rings (SSSR count). The fraction of sp³-hybridized carbons (Fsp3) is 0.429. The first-order valence-electron chi connectivity index (χ1n) is 6.58. The number of hydrogen-bond donors (Lipinski definition) is 3. The van der Waals surface area contributed by atoms with Gasteiger partial charge < -0.3 is 15.7 Å². The van der Waals surface area contributed by atoms with Gasteiger partial charge in [0.05, 0.1) is 6.04 Å². The summed E-state index contributed by atoms with van der Waals surface area (Å²) in [6, 6.07) is 1.94. The van der Waals surface area contributed by atoms with Crippen molar-refractivity contribution >= 4 is 40.8 Å². The Morgan fingerprint density at radius 1 is 1.38 bits per heavy atom. The van der Waals surface area contributed by atoms with Gasteiger partial charge in [0.15, 0.2) is 0 Å². The zero-order valence-electron chi connectivity index (χ0n) is 11.6. The standard InChI is InChI=1S/C14H16Cl2N2O3/c1-6(2)13(19)18-10-5-11(14(20)21)17-9-4-7(15)3-8(16)12(9)10/h3-4,6,10-11,17H,5H2,1-2H3,(H,18,19)(H,20,21). The molecule has 1 aromatic rings. The molecule has 0 fully saturated rings. The van der Waals surface area contributed by atoms with Gasteiger partial charge in [-0.1, -0.05) is 37.0 Å². The number of amides is 1. The molecule has 1 aliphatic heterocycles. The highest BCUT2D eigenvalue weighted by Crippen LogP contribution is 2.39. The van der Waals surface area contributed by atoms with Crippen LogP contribution in [0.25, 0.3) is 0 Å². The number of hydrogen-bond acceptors (Lipinski definition) is 3. The SMILES string of the molecule is CC(C)C(=O)NC1CC(C(=O)O)Nc2cc(Cl)cc(Cl)c21. The van der Waals surface area contributed by atoms with E-state index in [4.69, 9.17) is 23.2 Å². The number of fused-ring (bicyclic) bond motifs is 1. The molecule has 1 aromatic carbocycles. The normalized spacial score (nSPS) is 20.6. The molecular formula is C14H16Cl2N2O3. The van der Waals surface area contributed by atoms with Crippen LogP contribution in [0.3, 0.4) is 0 Å². The lowest BCUT2D eigenvalue weighted by Gasteiger charge is -2.33. The van der Waals surface area contributed by atoms with Crippen LogP contribution >= 0.6 is 23.2 Å². The zero-order chi connectivity index (χ0) is 15.7. The number of anilines is 1. The maximum absolute atomic E-state index is 11.9. The predicted octanol–water partition coefficient (Wildman–Crippen LogP) is 3.08. The molecule has 1 heterocycles. The van der Waals surface area contributed by atoms with E-state index >= 15 is 0 Å². The van der Waals surface area contributed by atoms with Crippen LogP contribution in [-0.4, -0.2) is 23.0 Å². The van der Waals surface area contributed by atoms with Crippen LogP contribution in [0, 0.1) is 5.92 Å². The van der Waals surface area contributed by atoms with Gasteiger partial charge in [-0.2, -0.15) is 0 Å². The minimum atomic E-state index is -0.986. The second-order valence-corrected chi connectivity index (χ2v) is 6.18. The molecule has 114 valence electrons. The molecule has 0 aromatic heterocycles. The van der Waals surface area contributed by atoms with Crippen LogP contribution in [0.2, 0.25) is 10.0 Å². The number of aliphatic carboxylic acids is 1. The number of halogens is 2. The Bertz CT molecular complexity index is 590. The minimum absolute atomic E-state index is 0.150. The van der Waals surface area contributed by atoms with Gasteiger partial charge in [-0.05, 0) is 12.1 Å². The van der Waals surface area contributed by atoms with E-state index in [1.807, 2.05) is 0 Å². The largest absolute Gasteiger partial charge is 0.480 e. The first-order valence-corrected chi connectivity index (χ1v) is 7.34. The molecule has 0 aliphatic carbocycles.